The summed E-state index contributed by atoms with van der Waals surface area (Å²) in [5.74, 6) is 3.82. The lowest BCUT2D eigenvalue weighted by atomic mass is 10.0. The molecule has 1 unspecified atom stereocenters. The molecule has 0 saturated carbocycles. The highest BCUT2D eigenvalue weighted by Crippen LogP contribution is 2.29. The van der Waals surface area contributed by atoms with Crippen molar-refractivity contribution in [2.24, 2.45) is 0 Å². The Morgan fingerprint density at radius 2 is 1.78 bits per heavy atom. The van der Waals surface area contributed by atoms with Gasteiger partial charge in [-0.05, 0) is 51.9 Å². The highest BCUT2D eigenvalue weighted by atomic mass is 16.3. The number of aryl methyl sites for hydroxylation is 4. The Balaban J connectivity index is 2.42. The lowest BCUT2D eigenvalue weighted by Crippen LogP contribution is -2.21. The average molecular weight is 247 g/mol. The normalized spacial score (nSPS) is 12.9. The van der Waals surface area contributed by atoms with Gasteiger partial charge in [0.05, 0.1) is 6.04 Å². The Kier molecular flexibility index (Phi) is 3.62. The summed E-state index contributed by atoms with van der Waals surface area (Å²) in [6.45, 7) is 11.0. The van der Waals surface area contributed by atoms with Crippen LogP contribution in [0.4, 0.5) is 0 Å². The van der Waals surface area contributed by atoms with Crippen molar-refractivity contribution in [3.8, 4) is 0 Å². The molecule has 2 rings (SSSR count). The molecule has 0 aliphatic carbocycles. The van der Waals surface area contributed by atoms with E-state index in [0.717, 1.165) is 35.1 Å². The topological polar surface area (TPSA) is 38.3 Å². The van der Waals surface area contributed by atoms with Crippen LogP contribution in [0.15, 0.2) is 21.0 Å². The molecule has 0 bridgehead atoms. The first-order chi connectivity index (χ1) is 8.52. The van der Waals surface area contributed by atoms with E-state index in [1.807, 2.05) is 20.8 Å². The fourth-order valence-corrected chi connectivity index (χ4v) is 2.25. The van der Waals surface area contributed by atoms with Crippen LogP contribution in [-0.2, 0) is 0 Å². The second kappa shape index (κ2) is 5.02. The number of hydrogen-bond acceptors (Lipinski definition) is 3. The highest BCUT2D eigenvalue weighted by Gasteiger charge is 2.22. The SMILES string of the molecule is CCNC(c1cc(C)c(C)o1)c1cc(C)oc1C. The molecular weight excluding hydrogens is 226 g/mol. The van der Waals surface area contributed by atoms with Crippen molar-refractivity contribution in [2.45, 2.75) is 40.7 Å². The zero-order valence-electron chi connectivity index (χ0n) is 11.8. The fraction of sp³-hybridized carbons (Fsp3) is 0.467. The minimum atomic E-state index is 0.0693. The number of rotatable bonds is 4. The number of nitrogens with one attached hydrogen (secondary N) is 1. The molecule has 3 heteroatoms. The number of furan rings is 2. The minimum Gasteiger partial charge on any atom is -0.466 e. The van der Waals surface area contributed by atoms with Crippen LogP contribution in [0.3, 0.4) is 0 Å². The third kappa shape index (κ3) is 2.36. The zero-order chi connectivity index (χ0) is 13.3. The van der Waals surface area contributed by atoms with Crippen molar-refractivity contribution >= 4 is 0 Å². The molecule has 0 aliphatic rings. The van der Waals surface area contributed by atoms with E-state index in [2.05, 4.69) is 31.3 Å². The van der Waals surface area contributed by atoms with Crippen LogP contribution in [-0.4, -0.2) is 6.54 Å². The van der Waals surface area contributed by atoms with Crippen LogP contribution in [0.2, 0.25) is 0 Å². The van der Waals surface area contributed by atoms with Crippen LogP contribution in [0.1, 0.15) is 47.1 Å². The maximum atomic E-state index is 5.84. The van der Waals surface area contributed by atoms with Gasteiger partial charge in [-0.1, -0.05) is 6.92 Å². The first-order valence-electron chi connectivity index (χ1n) is 6.40. The quantitative estimate of drug-likeness (QED) is 0.893. The van der Waals surface area contributed by atoms with E-state index in [4.69, 9.17) is 8.83 Å². The molecular formula is C15H21NO2. The summed E-state index contributed by atoms with van der Waals surface area (Å²) >= 11 is 0. The van der Waals surface area contributed by atoms with Crippen LogP contribution in [0.5, 0.6) is 0 Å². The third-order valence-electron chi connectivity index (χ3n) is 3.27. The summed E-state index contributed by atoms with van der Waals surface area (Å²) in [6, 6.07) is 4.25. The summed E-state index contributed by atoms with van der Waals surface area (Å²) < 4.78 is 11.5. The Morgan fingerprint density at radius 3 is 2.22 bits per heavy atom. The molecule has 18 heavy (non-hydrogen) atoms. The van der Waals surface area contributed by atoms with Crippen molar-refractivity contribution in [2.75, 3.05) is 6.54 Å². The average Bonchev–Trinajstić information content (AvgIpc) is 2.79. The predicted molar refractivity (Wildman–Crippen MR) is 71.9 cm³/mol. The van der Waals surface area contributed by atoms with E-state index in [0.29, 0.717) is 0 Å². The van der Waals surface area contributed by atoms with Gasteiger partial charge in [-0.25, -0.2) is 0 Å². The first-order valence-corrected chi connectivity index (χ1v) is 6.40. The second-order valence-electron chi connectivity index (χ2n) is 4.75. The van der Waals surface area contributed by atoms with Gasteiger partial charge in [0.1, 0.15) is 23.0 Å². The van der Waals surface area contributed by atoms with E-state index < -0.39 is 0 Å². The summed E-state index contributed by atoms with van der Waals surface area (Å²) in [6.07, 6.45) is 0. The molecule has 0 aromatic carbocycles. The van der Waals surface area contributed by atoms with Crippen molar-refractivity contribution in [1.82, 2.24) is 5.32 Å². The van der Waals surface area contributed by atoms with E-state index in [1.54, 1.807) is 0 Å². The van der Waals surface area contributed by atoms with E-state index in [1.165, 1.54) is 5.56 Å². The smallest absolute Gasteiger partial charge is 0.126 e. The molecule has 1 atom stereocenters. The van der Waals surface area contributed by atoms with Gasteiger partial charge in [0.2, 0.25) is 0 Å². The maximum Gasteiger partial charge on any atom is 0.126 e. The Morgan fingerprint density at radius 1 is 1.06 bits per heavy atom. The zero-order valence-corrected chi connectivity index (χ0v) is 11.8. The number of hydrogen-bond donors (Lipinski definition) is 1. The van der Waals surface area contributed by atoms with Crippen molar-refractivity contribution in [1.29, 1.82) is 0 Å². The summed E-state index contributed by atoms with van der Waals surface area (Å²) in [4.78, 5) is 0. The molecule has 2 aromatic rings. The molecule has 0 fully saturated rings. The largest absolute Gasteiger partial charge is 0.466 e. The van der Waals surface area contributed by atoms with Gasteiger partial charge >= 0.3 is 0 Å². The molecule has 0 amide bonds. The van der Waals surface area contributed by atoms with Gasteiger partial charge in [0.25, 0.3) is 0 Å². The molecule has 0 spiro atoms. The third-order valence-corrected chi connectivity index (χ3v) is 3.27. The van der Waals surface area contributed by atoms with Crippen molar-refractivity contribution in [3.63, 3.8) is 0 Å². The van der Waals surface area contributed by atoms with Gasteiger partial charge in [-0.2, -0.15) is 0 Å². The van der Waals surface area contributed by atoms with Crippen LogP contribution in [0.25, 0.3) is 0 Å². The first kappa shape index (κ1) is 13.0. The summed E-state index contributed by atoms with van der Waals surface area (Å²) in [7, 11) is 0. The lowest BCUT2D eigenvalue weighted by molar-refractivity contribution is 0.427. The Labute approximate surface area is 108 Å². The van der Waals surface area contributed by atoms with E-state index >= 15 is 0 Å². The maximum absolute atomic E-state index is 5.84. The van der Waals surface area contributed by atoms with Crippen molar-refractivity contribution < 1.29 is 8.83 Å². The molecule has 1 N–H and O–H groups in total. The molecule has 0 radical (unpaired) electrons. The Hall–Kier alpha value is -1.48. The minimum absolute atomic E-state index is 0.0693. The summed E-state index contributed by atoms with van der Waals surface area (Å²) in [5, 5.41) is 3.46. The van der Waals surface area contributed by atoms with E-state index in [9.17, 15) is 0 Å². The highest BCUT2D eigenvalue weighted by molar-refractivity contribution is 5.33. The lowest BCUT2D eigenvalue weighted by Gasteiger charge is -2.14. The molecule has 3 nitrogen and oxygen atoms in total. The van der Waals surface area contributed by atoms with Crippen LogP contribution < -0.4 is 5.32 Å². The predicted octanol–water partition coefficient (Wildman–Crippen LogP) is 3.81. The van der Waals surface area contributed by atoms with Crippen LogP contribution >= 0.6 is 0 Å². The van der Waals surface area contributed by atoms with Gasteiger partial charge in [-0.3, -0.25) is 0 Å². The second-order valence-corrected chi connectivity index (χ2v) is 4.75. The fourth-order valence-electron chi connectivity index (χ4n) is 2.25. The summed E-state index contributed by atoms with van der Waals surface area (Å²) in [5.41, 5.74) is 2.34. The van der Waals surface area contributed by atoms with Gasteiger partial charge in [-0.15, -0.1) is 0 Å². The molecule has 98 valence electrons. The monoisotopic (exact) mass is 247 g/mol. The Bertz CT molecular complexity index is 517. The van der Waals surface area contributed by atoms with Gasteiger partial charge in [0.15, 0.2) is 0 Å². The van der Waals surface area contributed by atoms with Crippen molar-refractivity contribution in [3.05, 3.63) is 46.3 Å². The van der Waals surface area contributed by atoms with Gasteiger partial charge in [0, 0.05) is 5.56 Å². The molecule has 2 aromatic heterocycles. The molecule has 0 aliphatic heterocycles. The molecule has 0 saturated heterocycles. The van der Waals surface area contributed by atoms with E-state index in [-0.39, 0.29) is 6.04 Å². The van der Waals surface area contributed by atoms with Crippen LogP contribution in [0, 0.1) is 27.7 Å². The van der Waals surface area contributed by atoms with Gasteiger partial charge < -0.3 is 14.2 Å². The molecule has 2 heterocycles. The standard InChI is InChI=1S/C15H21NO2/c1-6-16-15(13-8-10(3)17-12(13)5)14-7-9(2)11(4)18-14/h7-8,15-16H,6H2,1-5H3.